The van der Waals surface area contributed by atoms with E-state index in [-0.39, 0.29) is 37.0 Å². The molecule has 1 fully saturated rings. The smallest absolute Gasteiger partial charge is 0.227 e. The van der Waals surface area contributed by atoms with Crippen LogP contribution < -0.4 is 10.2 Å². The Hall–Kier alpha value is -3.22. The van der Waals surface area contributed by atoms with Crippen LogP contribution in [0.2, 0.25) is 0 Å². The van der Waals surface area contributed by atoms with E-state index in [4.69, 9.17) is 0 Å². The van der Waals surface area contributed by atoms with Crippen molar-refractivity contribution in [1.82, 2.24) is 14.7 Å². The molecule has 1 aromatic carbocycles. The number of aromatic nitrogens is 2. The van der Waals surface area contributed by atoms with Crippen LogP contribution in [0.1, 0.15) is 12.1 Å². The molecular formula is C19H17FN4O2. The van der Waals surface area contributed by atoms with E-state index in [2.05, 4.69) is 10.3 Å². The Morgan fingerprint density at radius 1 is 1.23 bits per heavy atom. The van der Waals surface area contributed by atoms with E-state index in [1.54, 1.807) is 18.2 Å². The maximum absolute atomic E-state index is 13.9. The van der Waals surface area contributed by atoms with Crippen molar-refractivity contribution in [1.29, 1.82) is 0 Å². The van der Waals surface area contributed by atoms with Crippen LogP contribution in [0.4, 0.5) is 10.1 Å². The van der Waals surface area contributed by atoms with Gasteiger partial charge in [0, 0.05) is 25.4 Å². The zero-order valence-electron chi connectivity index (χ0n) is 13.9. The summed E-state index contributed by atoms with van der Waals surface area (Å²) in [6, 6.07) is 11.8. The second-order valence-electron chi connectivity index (χ2n) is 6.27. The molecule has 0 spiro atoms. The Bertz CT molecular complexity index is 951. The average Bonchev–Trinajstić information content (AvgIpc) is 3.23. The van der Waals surface area contributed by atoms with Gasteiger partial charge < -0.3 is 14.6 Å². The number of fused-ring (bicyclic) bond motifs is 1. The number of imidazole rings is 1. The number of rotatable bonds is 4. The van der Waals surface area contributed by atoms with Crippen molar-refractivity contribution < 1.29 is 14.0 Å². The number of hydrogen-bond acceptors (Lipinski definition) is 3. The molecule has 0 unspecified atom stereocenters. The molecule has 2 amide bonds. The molecule has 3 heterocycles. The molecule has 2 aromatic heterocycles. The summed E-state index contributed by atoms with van der Waals surface area (Å²) in [4.78, 5) is 30.4. The highest BCUT2D eigenvalue weighted by atomic mass is 19.1. The first kappa shape index (κ1) is 16.3. The van der Waals surface area contributed by atoms with Gasteiger partial charge in [-0.2, -0.15) is 0 Å². The number of carbonyl (C=O) groups excluding carboxylic acids is 2. The highest BCUT2D eigenvalue weighted by Gasteiger charge is 2.36. The number of benzene rings is 1. The average molecular weight is 352 g/mol. The quantitative estimate of drug-likeness (QED) is 0.782. The monoisotopic (exact) mass is 352 g/mol. The second-order valence-corrected chi connectivity index (χ2v) is 6.27. The summed E-state index contributed by atoms with van der Waals surface area (Å²) in [5.41, 5.74) is 1.76. The van der Waals surface area contributed by atoms with Gasteiger partial charge in [0.2, 0.25) is 11.8 Å². The minimum absolute atomic E-state index is 0.0747. The van der Waals surface area contributed by atoms with Crippen LogP contribution in [0.3, 0.4) is 0 Å². The molecule has 0 bridgehead atoms. The lowest BCUT2D eigenvalue weighted by molar-refractivity contribution is -0.126. The maximum Gasteiger partial charge on any atom is 0.227 e. The summed E-state index contributed by atoms with van der Waals surface area (Å²) in [6.45, 7) is 0.460. The minimum atomic E-state index is -0.501. The number of hydrogen-bond donors (Lipinski definition) is 1. The van der Waals surface area contributed by atoms with Gasteiger partial charge in [0.1, 0.15) is 11.5 Å². The van der Waals surface area contributed by atoms with Gasteiger partial charge in [-0.05, 0) is 24.3 Å². The lowest BCUT2D eigenvalue weighted by atomic mass is 10.1. The van der Waals surface area contributed by atoms with E-state index in [1.165, 1.54) is 11.0 Å². The Kier molecular flexibility index (Phi) is 4.12. The van der Waals surface area contributed by atoms with E-state index >= 15 is 0 Å². The normalized spacial score (nSPS) is 17.0. The summed E-state index contributed by atoms with van der Waals surface area (Å²) < 4.78 is 15.8. The Labute approximate surface area is 149 Å². The molecule has 1 saturated heterocycles. The highest BCUT2D eigenvalue weighted by Crippen LogP contribution is 2.27. The molecular weight excluding hydrogens is 335 g/mol. The fourth-order valence-electron chi connectivity index (χ4n) is 3.18. The number of nitrogens with one attached hydrogen (secondary N) is 1. The van der Waals surface area contributed by atoms with Gasteiger partial charge in [-0.3, -0.25) is 9.59 Å². The minimum Gasteiger partial charge on any atom is -0.350 e. The van der Waals surface area contributed by atoms with Crippen LogP contribution in [-0.2, 0) is 16.1 Å². The van der Waals surface area contributed by atoms with Crippen LogP contribution in [0.15, 0.2) is 54.9 Å². The molecule has 6 nitrogen and oxygen atoms in total. The summed E-state index contributed by atoms with van der Waals surface area (Å²) in [5.74, 6) is -1.44. The van der Waals surface area contributed by atoms with Crippen molar-refractivity contribution in [3.8, 4) is 0 Å². The number of amides is 2. The van der Waals surface area contributed by atoms with Crippen molar-refractivity contribution >= 4 is 23.1 Å². The first-order chi connectivity index (χ1) is 12.6. The first-order valence-electron chi connectivity index (χ1n) is 8.37. The molecule has 0 aliphatic carbocycles. The van der Waals surface area contributed by atoms with Gasteiger partial charge in [0.05, 0.1) is 23.8 Å². The number of pyridine rings is 1. The van der Waals surface area contributed by atoms with Gasteiger partial charge in [0.25, 0.3) is 0 Å². The van der Waals surface area contributed by atoms with Crippen LogP contribution in [-0.4, -0.2) is 27.7 Å². The molecule has 1 N–H and O–H groups in total. The maximum atomic E-state index is 13.9. The summed E-state index contributed by atoms with van der Waals surface area (Å²) >= 11 is 0. The van der Waals surface area contributed by atoms with Crippen molar-refractivity contribution in [2.45, 2.75) is 13.0 Å². The third kappa shape index (κ3) is 3.03. The molecule has 26 heavy (non-hydrogen) atoms. The topological polar surface area (TPSA) is 66.7 Å². The number of carbonyl (C=O) groups is 2. The number of halogens is 1. The molecule has 3 aromatic rings. The Balaban J connectivity index is 1.41. The predicted octanol–water partition coefficient (Wildman–Crippen LogP) is 2.14. The van der Waals surface area contributed by atoms with Crippen LogP contribution >= 0.6 is 0 Å². The van der Waals surface area contributed by atoms with Gasteiger partial charge in [-0.15, -0.1) is 0 Å². The zero-order chi connectivity index (χ0) is 18.1. The molecule has 1 atom stereocenters. The summed E-state index contributed by atoms with van der Waals surface area (Å²) in [5, 5.41) is 2.82. The van der Waals surface area contributed by atoms with E-state index in [9.17, 15) is 14.0 Å². The third-order valence-corrected chi connectivity index (χ3v) is 4.50. The third-order valence-electron chi connectivity index (χ3n) is 4.50. The van der Waals surface area contributed by atoms with Crippen molar-refractivity contribution in [3.05, 3.63) is 66.4 Å². The largest absolute Gasteiger partial charge is 0.350 e. The Morgan fingerprint density at radius 2 is 2.04 bits per heavy atom. The van der Waals surface area contributed by atoms with Crippen LogP contribution in [0.25, 0.3) is 5.65 Å². The summed E-state index contributed by atoms with van der Waals surface area (Å²) in [6.07, 6.45) is 3.81. The van der Waals surface area contributed by atoms with E-state index < -0.39 is 11.7 Å². The Morgan fingerprint density at radius 3 is 2.85 bits per heavy atom. The van der Waals surface area contributed by atoms with Crippen molar-refractivity contribution in [2.75, 3.05) is 11.4 Å². The lowest BCUT2D eigenvalue weighted by Crippen LogP contribution is -2.32. The molecule has 1 aliphatic rings. The first-order valence-corrected chi connectivity index (χ1v) is 8.37. The van der Waals surface area contributed by atoms with Crippen LogP contribution in [0, 0.1) is 11.7 Å². The van der Waals surface area contributed by atoms with Crippen LogP contribution in [0.5, 0.6) is 0 Å². The van der Waals surface area contributed by atoms with Crippen molar-refractivity contribution in [2.24, 2.45) is 5.92 Å². The number of nitrogens with zero attached hydrogens (tertiary/aromatic N) is 3. The lowest BCUT2D eigenvalue weighted by Gasteiger charge is -2.17. The number of para-hydroxylation sites is 1. The molecule has 7 heteroatoms. The highest BCUT2D eigenvalue weighted by molar-refractivity contribution is 6.00. The number of anilines is 1. The zero-order valence-corrected chi connectivity index (χ0v) is 13.9. The van der Waals surface area contributed by atoms with E-state index in [0.717, 1.165) is 11.3 Å². The van der Waals surface area contributed by atoms with Gasteiger partial charge in [0.15, 0.2) is 0 Å². The molecule has 0 radical (unpaired) electrons. The molecule has 4 rings (SSSR count). The predicted molar refractivity (Wildman–Crippen MR) is 93.9 cm³/mol. The standard InChI is InChI=1S/C19H17FN4O2/c20-15-5-1-2-6-16(15)24-11-13(9-18(24)25)19(26)21-10-14-12-23-8-4-3-7-17(23)22-14/h1-8,12-13H,9-11H2,(H,21,26)/t13-/m1/s1. The summed E-state index contributed by atoms with van der Waals surface area (Å²) in [7, 11) is 0. The van der Waals surface area contributed by atoms with E-state index in [1.807, 2.05) is 35.0 Å². The fourth-order valence-corrected chi connectivity index (χ4v) is 3.18. The molecule has 1 aliphatic heterocycles. The fraction of sp³-hybridized carbons (Fsp3) is 0.211. The molecule has 132 valence electrons. The van der Waals surface area contributed by atoms with Gasteiger partial charge in [-0.1, -0.05) is 18.2 Å². The second kappa shape index (κ2) is 6.59. The van der Waals surface area contributed by atoms with Gasteiger partial charge in [-0.25, -0.2) is 9.37 Å². The van der Waals surface area contributed by atoms with E-state index in [0.29, 0.717) is 0 Å². The SMILES string of the molecule is O=C(NCc1cn2ccccc2n1)[C@@H]1CC(=O)N(c2ccccc2F)C1. The van der Waals surface area contributed by atoms with Gasteiger partial charge >= 0.3 is 0 Å². The van der Waals surface area contributed by atoms with Crippen molar-refractivity contribution in [3.63, 3.8) is 0 Å². The molecule has 0 saturated carbocycles.